The zero-order valence-corrected chi connectivity index (χ0v) is 22.1. The van der Waals surface area contributed by atoms with Gasteiger partial charge in [0.15, 0.2) is 5.11 Å². The van der Waals surface area contributed by atoms with Crippen molar-refractivity contribution in [3.05, 3.63) is 118 Å². The van der Waals surface area contributed by atoms with E-state index in [1.165, 1.54) is 9.80 Å². The largest absolute Gasteiger partial charge is 0.317 e. The average molecular weight is 556 g/mol. The van der Waals surface area contributed by atoms with Crippen molar-refractivity contribution in [1.82, 2.24) is 4.57 Å². The molecule has 0 unspecified atom stereocenters. The molecule has 1 aromatic heterocycles. The second-order valence-electron chi connectivity index (χ2n) is 8.36. The third-order valence-electron chi connectivity index (χ3n) is 6.20. The molecule has 0 aliphatic carbocycles. The predicted octanol–water partition coefficient (Wildman–Crippen LogP) is 6.60. The van der Waals surface area contributed by atoms with Gasteiger partial charge in [-0.15, -0.1) is 0 Å². The molecule has 1 aliphatic rings. The van der Waals surface area contributed by atoms with E-state index in [1.807, 2.05) is 80.6 Å². The lowest BCUT2D eigenvalue weighted by atomic mass is 10.0. The molecule has 5 nitrogen and oxygen atoms in total. The summed E-state index contributed by atoms with van der Waals surface area (Å²) in [5.41, 5.74) is 4.87. The molecule has 1 fully saturated rings. The number of carbonyl (C=O) groups is 2. The van der Waals surface area contributed by atoms with Gasteiger partial charge < -0.3 is 4.57 Å². The van der Waals surface area contributed by atoms with Crippen LogP contribution < -0.4 is 9.80 Å². The molecule has 0 saturated carbocycles. The van der Waals surface area contributed by atoms with Crippen molar-refractivity contribution in [1.29, 1.82) is 0 Å². The molecule has 1 aliphatic heterocycles. The molecular weight excluding hydrogens is 534 g/mol. The van der Waals surface area contributed by atoms with Crippen molar-refractivity contribution in [2.24, 2.45) is 0 Å². The number of benzene rings is 3. The van der Waals surface area contributed by atoms with Crippen LogP contribution in [-0.4, -0.2) is 21.5 Å². The van der Waals surface area contributed by atoms with Gasteiger partial charge in [-0.3, -0.25) is 19.4 Å². The Hall–Kier alpha value is -3.81. The van der Waals surface area contributed by atoms with Crippen molar-refractivity contribution in [2.45, 2.75) is 13.8 Å². The summed E-state index contributed by atoms with van der Waals surface area (Å²) >= 11 is 9.40. The summed E-state index contributed by atoms with van der Waals surface area (Å²) in [5.74, 6) is -0.917. The molecule has 1 saturated heterocycles. The number of nitrogens with zero attached hydrogens (tertiary/aromatic N) is 3. The Kier molecular flexibility index (Phi) is 6.43. The molecule has 2 heterocycles. The van der Waals surface area contributed by atoms with Crippen molar-refractivity contribution in [2.75, 3.05) is 9.80 Å². The second kappa shape index (κ2) is 9.68. The lowest BCUT2D eigenvalue weighted by molar-refractivity contribution is -0.120. The number of halogens is 1. The average Bonchev–Trinajstić information content (AvgIpc) is 3.11. The zero-order valence-electron chi connectivity index (χ0n) is 19.7. The molecule has 0 atom stereocenters. The molecule has 0 bridgehead atoms. The summed E-state index contributed by atoms with van der Waals surface area (Å²) in [7, 11) is 0. The number of hydrogen-bond acceptors (Lipinski definition) is 3. The molecule has 0 radical (unpaired) electrons. The van der Waals surface area contributed by atoms with Crippen LogP contribution >= 0.6 is 28.1 Å². The van der Waals surface area contributed by atoms with Gasteiger partial charge in [-0.05, 0) is 84.5 Å². The van der Waals surface area contributed by atoms with Gasteiger partial charge in [-0.1, -0.05) is 54.6 Å². The van der Waals surface area contributed by atoms with Gasteiger partial charge in [-0.25, -0.2) is 0 Å². The highest BCUT2D eigenvalue weighted by atomic mass is 79.9. The second-order valence-corrected chi connectivity index (χ2v) is 9.52. The van der Waals surface area contributed by atoms with E-state index in [0.29, 0.717) is 11.4 Å². The Morgan fingerprint density at radius 2 is 1.08 bits per heavy atom. The highest BCUT2D eigenvalue weighted by Crippen LogP contribution is 2.35. The van der Waals surface area contributed by atoms with Crippen molar-refractivity contribution < 1.29 is 9.59 Å². The number of amides is 2. The van der Waals surface area contributed by atoms with E-state index in [4.69, 9.17) is 12.2 Å². The van der Waals surface area contributed by atoms with E-state index in [9.17, 15) is 9.59 Å². The first-order valence-corrected chi connectivity index (χ1v) is 12.6. The molecule has 3 aromatic carbocycles. The van der Waals surface area contributed by atoms with Crippen LogP contribution in [0.5, 0.6) is 0 Å². The van der Waals surface area contributed by atoms with Crippen LogP contribution in [0.1, 0.15) is 17.0 Å². The van der Waals surface area contributed by atoms with E-state index < -0.39 is 11.8 Å². The standard InChI is InChI=1S/C29H22BrN3O2S/c1-19-24(26(30)20(2)31(19)21-12-6-3-7-13-21)18-25-27(34)32(22-14-8-4-9-15-22)29(36)33(28(25)35)23-16-10-5-11-17-23/h3-18H,1-2H3. The maximum absolute atomic E-state index is 13.8. The SMILES string of the molecule is Cc1c(Br)c(C=C2C(=O)N(c3ccccc3)C(=S)N(c3ccccc3)C2=O)c(C)n1-c1ccccc1. The van der Waals surface area contributed by atoms with Crippen LogP contribution in [0.25, 0.3) is 11.8 Å². The zero-order chi connectivity index (χ0) is 25.4. The number of para-hydroxylation sites is 3. The van der Waals surface area contributed by atoms with Crippen LogP contribution in [0.3, 0.4) is 0 Å². The molecule has 178 valence electrons. The molecule has 7 heteroatoms. The number of thiocarbonyl (C=S) groups is 1. The van der Waals surface area contributed by atoms with E-state index in [0.717, 1.165) is 27.1 Å². The molecular formula is C29H22BrN3O2S. The van der Waals surface area contributed by atoms with Gasteiger partial charge in [-0.2, -0.15) is 0 Å². The topological polar surface area (TPSA) is 45.6 Å². The van der Waals surface area contributed by atoms with E-state index in [1.54, 1.807) is 30.3 Å². The van der Waals surface area contributed by atoms with Crippen molar-refractivity contribution >= 4 is 62.5 Å². The van der Waals surface area contributed by atoms with Crippen LogP contribution in [-0.2, 0) is 9.59 Å². The minimum absolute atomic E-state index is 0.0327. The maximum Gasteiger partial charge on any atom is 0.270 e. The molecule has 36 heavy (non-hydrogen) atoms. The van der Waals surface area contributed by atoms with Gasteiger partial charge in [0.05, 0.1) is 11.4 Å². The first-order valence-electron chi connectivity index (χ1n) is 11.4. The highest BCUT2D eigenvalue weighted by molar-refractivity contribution is 9.10. The van der Waals surface area contributed by atoms with E-state index in [2.05, 4.69) is 20.5 Å². The summed E-state index contributed by atoms with van der Waals surface area (Å²) in [4.78, 5) is 30.5. The van der Waals surface area contributed by atoms with E-state index in [-0.39, 0.29) is 10.7 Å². The fourth-order valence-corrected chi connectivity index (χ4v) is 5.39. The molecule has 4 aromatic rings. The molecule has 2 amide bonds. The Balaban J connectivity index is 1.69. The fraction of sp³-hybridized carbons (Fsp3) is 0.0690. The predicted molar refractivity (Wildman–Crippen MR) is 151 cm³/mol. The number of anilines is 2. The summed E-state index contributed by atoms with van der Waals surface area (Å²) < 4.78 is 2.92. The van der Waals surface area contributed by atoms with Gasteiger partial charge in [0.2, 0.25) is 0 Å². The smallest absolute Gasteiger partial charge is 0.270 e. The van der Waals surface area contributed by atoms with Crippen LogP contribution in [0.2, 0.25) is 0 Å². The van der Waals surface area contributed by atoms with Crippen molar-refractivity contribution in [3.63, 3.8) is 0 Å². The molecule has 0 N–H and O–H groups in total. The lowest BCUT2D eigenvalue weighted by Crippen LogP contribution is -2.56. The quantitative estimate of drug-likeness (QED) is 0.162. The Morgan fingerprint density at radius 3 is 1.53 bits per heavy atom. The first kappa shape index (κ1) is 23.9. The van der Waals surface area contributed by atoms with Crippen LogP contribution in [0.4, 0.5) is 11.4 Å². The van der Waals surface area contributed by atoms with Crippen LogP contribution in [0, 0.1) is 13.8 Å². The number of aromatic nitrogens is 1. The minimum Gasteiger partial charge on any atom is -0.317 e. The molecule has 5 rings (SSSR count). The monoisotopic (exact) mass is 555 g/mol. The fourth-order valence-electron chi connectivity index (χ4n) is 4.44. The van der Waals surface area contributed by atoms with Gasteiger partial charge in [0.1, 0.15) is 5.57 Å². The van der Waals surface area contributed by atoms with Gasteiger partial charge in [0.25, 0.3) is 11.8 Å². The summed E-state index contributed by atoms with van der Waals surface area (Å²) in [5, 5.41) is 0.119. The lowest BCUT2D eigenvalue weighted by Gasteiger charge is -2.36. The molecule has 0 spiro atoms. The van der Waals surface area contributed by atoms with Crippen molar-refractivity contribution in [3.8, 4) is 5.69 Å². The Labute approximate surface area is 223 Å². The van der Waals surface area contributed by atoms with Crippen LogP contribution in [0.15, 0.2) is 101 Å². The third kappa shape index (κ3) is 4.00. The Bertz CT molecular complexity index is 1450. The van der Waals surface area contributed by atoms with Gasteiger partial charge in [0, 0.05) is 27.1 Å². The van der Waals surface area contributed by atoms with Gasteiger partial charge >= 0.3 is 0 Å². The third-order valence-corrected chi connectivity index (χ3v) is 7.56. The number of rotatable bonds is 4. The number of carbonyl (C=O) groups excluding carboxylic acids is 2. The maximum atomic E-state index is 13.8. The first-order chi connectivity index (χ1) is 17.4. The summed E-state index contributed by atoms with van der Waals surface area (Å²) in [6.45, 7) is 3.97. The number of hydrogen-bond donors (Lipinski definition) is 0. The minimum atomic E-state index is -0.459. The highest BCUT2D eigenvalue weighted by Gasteiger charge is 2.41. The summed E-state index contributed by atoms with van der Waals surface area (Å²) in [6, 6.07) is 28.3. The Morgan fingerprint density at radius 1 is 0.667 bits per heavy atom. The summed E-state index contributed by atoms with van der Waals surface area (Å²) in [6.07, 6.45) is 1.67. The van der Waals surface area contributed by atoms with E-state index >= 15 is 0 Å². The normalized spacial score (nSPS) is 14.0.